The van der Waals surface area contributed by atoms with Gasteiger partial charge in [0.1, 0.15) is 5.01 Å². The number of thiazole rings is 1. The molecule has 5 nitrogen and oxygen atoms in total. The Hall–Kier alpha value is -2.57. The molecule has 6 heteroatoms. The molecule has 3 aromatic rings. The lowest BCUT2D eigenvalue weighted by Gasteiger charge is -2.24. The Morgan fingerprint density at radius 2 is 2.03 bits per heavy atom. The lowest BCUT2D eigenvalue weighted by molar-refractivity contribution is 0.0926. The monoisotopic (exact) mass is 418 g/mol. The molecule has 1 amide bonds. The quantitative estimate of drug-likeness (QED) is 0.671. The maximum absolute atomic E-state index is 12.7. The van der Waals surface area contributed by atoms with Gasteiger partial charge in [0.2, 0.25) is 0 Å². The number of aromatic nitrogens is 2. The van der Waals surface area contributed by atoms with Crippen LogP contribution in [0.1, 0.15) is 40.1 Å². The molecule has 154 valence electrons. The van der Waals surface area contributed by atoms with E-state index in [0.29, 0.717) is 17.5 Å². The van der Waals surface area contributed by atoms with Crippen molar-refractivity contribution in [3.05, 3.63) is 71.0 Å². The molecule has 1 saturated heterocycles. The summed E-state index contributed by atoms with van der Waals surface area (Å²) in [5.41, 5.74) is 2.85. The third-order valence-corrected chi connectivity index (χ3v) is 7.42. The van der Waals surface area contributed by atoms with E-state index in [0.717, 1.165) is 42.9 Å². The predicted octanol–water partition coefficient (Wildman–Crippen LogP) is 4.30. The van der Waals surface area contributed by atoms with Crippen LogP contribution in [-0.4, -0.2) is 39.4 Å². The highest BCUT2D eigenvalue weighted by molar-refractivity contribution is 7.15. The Bertz CT molecular complexity index is 1030. The van der Waals surface area contributed by atoms with Gasteiger partial charge in [0, 0.05) is 47.7 Å². The van der Waals surface area contributed by atoms with Crippen molar-refractivity contribution < 1.29 is 4.79 Å². The second kappa shape index (κ2) is 8.28. The molecule has 0 radical (unpaired) electrons. The minimum absolute atomic E-state index is 0.00487. The standard InChI is InChI=1S/C24H26N4OS/c1-16-11-18(13-25-12-16)23(29)27-21-7-8-22-20(21)9-10-28(22)15-19-14-26-24(30-19)17-5-3-2-4-6-17/h2-6,11-14,20-22H,7-10,15H2,1H3,(H,27,29)/t20-,21-,22+/m0/s1. The van der Waals surface area contributed by atoms with E-state index in [-0.39, 0.29) is 11.9 Å². The molecular formula is C24H26N4OS. The van der Waals surface area contributed by atoms with Gasteiger partial charge in [0.15, 0.2) is 0 Å². The number of nitrogens with one attached hydrogen (secondary N) is 1. The van der Waals surface area contributed by atoms with Gasteiger partial charge in [0.25, 0.3) is 5.91 Å². The molecule has 1 aliphatic heterocycles. The van der Waals surface area contributed by atoms with Gasteiger partial charge in [0.05, 0.1) is 5.56 Å². The summed E-state index contributed by atoms with van der Waals surface area (Å²) in [5, 5.41) is 4.38. The third-order valence-electron chi connectivity index (χ3n) is 6.39. The number of benzene rings is 1. The van der Waals surface area contributed by atoms with Gasteiger partial charge in [-0.2, -0.15) is 0 Å². The molecule has 1 saturated carbocycles. The SMILES string of the molecule is Cc1cncc(C(=O)N[C@H]2CC[C@@H]3[C@H]2CCN3Cc2cnc(-c3ccccc3)s2)c1. The van der Waals surface area contributed by atoms with Gasteiger partial charge in [-0.15, -0.1) is 11.3 Å². The van der Waals surface area contributed by atoms with Gasteiger partial charge in [-0.05, 0) is 50.3 Å². The zero-order valence-corrected chi connectivity index (χ0v) is 17.9. The van der Waals surface area contributed by atoms with Crippen LogP contribution in [0.4, 0.5) is 0 Å². The number of aryl methyl sites for hydroxylation is 1. The van der Waals surface area contributed by atoms with E-state index in [4.69, 9.17) is 0 Å². The van der Waals surface area contributed by atoms with E-state index in [9.17, 15) is 4.79 Å². The normalized spacial score (nSPS) is 23.4. The van der Waals surface area contributed by atoms with E-state index in [1.807, 2.05) is 25.3 Å². The predicted molar refractivity (Wildman–Crippen MR) is 119 cm³/mol. The number of carbonyl (C=O) groups excluding carboxylic acids is 1. The maximum Gasteiger partial charge on any atom is 0.253 e. The first kappa shape index (κ1) is 19.4. The number of hydrogen-bond donors (Lipinski definition) is 1. The number of pyridine rings is 1. The molecule has 2 aromatic heterocycles. The van der Waals surface area contributed by atoms with Crippen molar-refractivity contribution >= 4 is 17.2 Å². The lowest BCUT2D eigenvalue weighted by Crippen LogP contribution is -2.39. The Morgan fingerprint density at radius 3 is 2.87 bits per heavy atom. The van der Waals surface area contributed by atoms with Crippen LogP contribution < -0.4 is 5.32 Å². The summed E-state index contributed by atoms with van der Waals surface area (Å²) >= 11 is 1.79. The summed E-state index contributed by atoms with van der Waals surface area (Å²) in [4.78, 5) is 25.4. The number of carbonyl (C=O) groups is 1. The van der Waals surface area contributed by atoms with Crippen LogP contribution in [-0.2, 0) is 6.54 Å². The summed E-state index contributed by atoms with van der Waals surface area (Å²) in [6.45, 7) is 4.01. The minimum atomic E-state index is 0.00487. The first-order valence-corrected chi connectivity index (χ1v) is 11.5. The molecule has 1 N–H and O–H groups in total. The zero-order chi connectivity index (χ0) is 20.5. The Morgan fingerprint density at radius 1 is 1.17 bits per heavy atom. The van der Waals surface area contributed by atoms with Crippen LogP contribution in [0.5, 0.6) is 0 Å². The second-order valence-electron chi connectivity index (χ2n) is 8.40. The fourth-order valence-electron chi connectivity index (χ4n) is 4.98. The summed E-state index contributed by atoms with van der Waals surface area (Å²) in [5.74, 6) is 0.540. The van der Waals surface area contributed by atoms with E-state index < -0.39 is 0 Å². The Balaban J connectivity index is 1.22. The summed E-state index contributed by atoms with van der Waals surface area (Å²) < 4.78 is 0. The fourth-order valence-corrected chi connectivity index (χ4v) is 5.92. The van der Waals surface area contributed by atoms with Crippen LogP contribution >= 0.6 is 11.3 Å². The highest BCUT2D eigenvalue weighted by Crippen LogP contribution is 2.39. The number of amides is 1. The van der Waals surface area contributed by atoms with Crippen LogP contribution in [0.15, 0.2) is 55.0 Å². The van der Waals surface area contributed by atoms with Crippen molar-refractivity contribution in [1.29, 1.82) is 0 Å². The van der Waals surface area contributed by atoms with Gasteiger partial charge in [-0.3, -0.25) is 14.7 Å². The van der Waals surface area contributed by atoms with Crippen LogP contribution in [0, 0.1) is 12.8 Å². The van der Waals surface area contributed by atoms with Gasteiger partial charge >= 0.3 is 0 Å². The van der Waals surface area contributed by atoms with Crippen molar-refractivity contribution in [2.75, 3.05) is 6.54 Å². The van der Waals surface area contributed by atoms with E-state index in [2.05, 4.69) is 44.5 Å². The maximum atomic E-state index is 12.7. The minimum Gasteiger partial charge on any atom is -0.349 e. The molecule has 3 atom stereocenters. The summed E-state index contributed by atoms with van der Waals surface area (Å²) in [7, 11) is 0. The van der Waals surface area contributed by atoms with Crippen molar-refractivity contribution in [1.82, 2.24) is 20.2 Å². The summed E-state index contributed by atoms with van der Waals surface area (Å²) in [6, 6.07) is 13.1. The van der Waals surface area contributed by atoms with Crippen molar-refractivity contribution in [2.24, 2.45) is 5.92 Å². The van der Waals surface area contributed by atoms with Gasteiger partial charge < -0.3 is 5.32 Å². The number of nitrogens with zero attached hydrogens (tertiary/aromatic N) is 3. The number of likely N-dealkylation sites (tertiary alicyclic amines) is 1. The average molecular weight is 419 g/mol. The number of rotatable bonds is 5. The van der Waals surface area contributed by atoms with Crippen molar-refractivity contribution in [2.45, 2.75) is 44.8 Å². The highest BCUT2D eigenvalue weighted by atomic mass is 32.1. The molecule has 0 spiro atoms. The second-order valence-corrected chi connectivity index (χ2v) is 9.51. The average Bonchev–Trinajstić information content (AvgIpc) is 3.48. The highest BCUT2D eigenvalue weighted by Gasteiger charge is 2.44. The molecule has 0 bridgehead atoms. The summed E-state index contributed by atoms with van der Waals surface area (Å²) in [6.07, 6.45) is 8.80. The molecule has 3 heterocycles. The molecule has 2 aliphatic rings. The molecule has 2 fully saturated rings. The topological polar surface area (TPSA) is 58.1 Å². The number of fused-ring (bicyclic) bond motifs is 1. The smallest absolute Gasteiger partial charge is 0.253 e. The van der Waals surface area contributed by atoms with E-state index in [1.54, 1.807) is 23.7 Å². The number of hydrogen-bond acceptors (Lipinski definition) is 5. The molecule has 1 aliphatic carbocycles. The zero-order valence-electron chi connectivity index (χ0n) is 17.1. The van der Waals surface area contributed by atoms with Gasteiger partial charge in [-0.1, -0.05) is 30.3 Å². The molecule has 5 rings (SSSR count). The lowest BCUT2D eigenvalue weighted by atomic mass is 9.99. The van der Waals surface area contributed by atoms with Crippen molar-refractivity contribution in [3.63, 3.8) is 0 Å². The largest absolute Gasteiger partial charge is 0.349 e. The first-order valence-electron chi connectivity index (χ1n) is 10.6. The van der Waals surface area contributed by atoms with Crippen LogP contribution in [0.3, 0.4) is 0 Å². The van der Waals surface area contributed by atoms with E-state index >= 15 is 0 Å². The molecular weight excluding hydrogens is 392 g/mol. The van der Waals surface area contributed by atoms with E-state index in [1.165, 1.54) is 10.4 Å². The van der Waals surface area contributed by atoms with Crippen LogP contribution in [0.25, 0.3) is 10.6 Å². The van der Waals surface area contributed by atoms with Crippen molar-refractivity contribution in [3.8, 4) is 10.6 Å². The molecule has 1 aromatic carbocycles. The Kier molecular flexibility index (Phi) is 5.35. The Labute approximate surface area is 181 Å². The molecule has 0 unspecified atom stereocenters. The fraction of sp³-hybridized carbons (Fsp3) is 0.375. The van der Waals surface area contributed by atoms with Crippen LogP contribution in [0.2, 0.25) is 0 Å². The van der Waals surface area contributed by atoms with Gasteiger partial charge in [-0.25, -0.2) is 4.98 Å². The third kappa shape index (κ3) is 3.89. The first-order chi connectivity index (χ1) is 14.7. The molecule has 30 heavy (non-hydrogen) atoms.